The number of hydrogen-bond donors (Lipinski definition) is 0. The smallest absolute Gasteiger partial charge is 0.216 e. The normalized spacial score (nSPS) is 22.1. The molecule has 0 aliphatic carbocycles. The van der Waals surface area contributed by atoms with Gasteiger partial charge in [-0.05, 0) is 32.6 Å². The van der Waals surface area contributed by atoms with Crippen LogP contribution in [0.3, 0.4) is 0 Å². The third-order valence-electron chi connectivity index (χ3n) is 3.04. The fraction of sp³-hybridized carbons (Fsp3) is 1.00. The van der Waals surface area contributed by atoms with Gasteiger partial charge in [0.15, 0.2) is 0 Å². The lowest BCUT2D eigenvalue weighted by Crippen LogP contribution is -2.38. The molecule has 1 aliphatic rings. The Kier molecular flexibility index (Phi) is 6.77. The first-order valence-electron chi connectivity index (χ1n) is 6.25. The summed E-state index contributed by atoms with van der Waals surface area (Å²) in [6.07, 6.45) is 3.67. The summed E-state index contributed by atoms with van der Waals surface area (Å²) in [5.41, 5.74) is 0. The molecule has 1 heterocycles. The fourth-order valence-electron chi connectivity index (χ4n) is 2.20. The van der Waals surface area contributed by atoms with Crippen LogP contribution in [0.4, 0.5) is 0 Å². The molecule has 0 saturated carbocycles. The van der Waals surface area contributed by atoms with Gasteiger partial charge in [0.25, 0.3) is 0 Å². The molecule has 1 fully saturated rings. The molecule has 0 bridgehead atoms. The quantitative estimate of drug-likeness (QED) is 0.504. The Morgan fingerprint density at radius 2 is 2.24 bits per heavy atom. The molecule has 6 heteroatoms. The van der Waals surface area contributed by atoms with Crippen molar-refractivity contribution in [1.82, 2.24) is 4.31 Å². The maximum Gasteiger partial charge on any atom is 0.216 e. The van der Waals surface area contributed by atoms with E-state index in [0.29, 0.717) is 19.0 Å². The third-order valence-corrected chi connectivity index (χ3v) is 5.19. The Bertz CT molecular complexity index is 308. The van der Waals surface area contributed by atoms with E-state index < -0.39 is 10.0 Å². The minimum atomic E-state index is -3.15. The average molecular weight is 284 g/mol. The predicted octanol–water partition coefficient (Wildman–Crippen LogP) is 1.84. The second-order valence-electron chi connectivity index (χ2n) is 4.25. The van der Waals surface area contributed by atoms with Crippen molar-refractivity contribution < 1.29 is 13.2 Å². The lowest BCUT2D eigenvalue weighted by Gasteiger charge is -2.23. The zero-order chi connectivity index (χ0) is 12.7. The van der Waals surface area contributed by atoms with Crippen LogP contribution < -0.4 is 0 Å². The highest BCUT2D eigenvalue weighted by atomic mass is 35.5. The summed E-state index contributed by atoms with van der Waals surface area (Å²) < 4.78 is 31.0. The molecule has 0 spiro atoms. The summed E-state index contributed by atoms with van der Waals surface area (Å²) in [7, 11) is -3.15. The topological polar surface area (TPSA) is 46.6 Å². The number of alkyl halides is 1. The maximum atomic E-state index is 12.1. The van der Waals surface area contributed by atoms with Crippen molar-refractivity contribution in [2.75, 3.05) is 31.4 Å². The minimum Gasteiger partial charge on any atom is -0.381 e. The van der Waals surface area contributed by atoms with Gasteiger partial charge in [-0.15, -0.1) is 11.6 Å². The molecule has 0 aromatic heterocycles. The van der Waals surface area contributed by atoms with Crippen molar-refractivity contribution in [3.05, 3.63) is 0 Å². The van der Waals surface area contributed by atoms with Crippen molar-refractivity contribution in [2.45, 2.75) is 38.6 Å². The van der Waals surface area contributed by atoms with Crippen LogP contribution in [-0.4, -0.2) is 50.2 Å². The van der Waals surface area contributed by atoms with Gasteiger partial charge in [0.05, 0.1) is 12.4 Å². The molecule has 0 N–H and O–H groups in total. The first-order chi connectivity index (χ1) is 8.11. The second-order valence-corrected chi connectivity index (χ2v) is 6.67. The fourth-order valence-corrected chi connectivity index (χ4v) is 3.99. The zero-order valence-electron chi connectivity index (χ0n) is 10.4. The van der Waals surface area contributed by atoms with E-state index in [9.17, 15) is 8.42 Å². The molecule has 17 heavy (non-hydrogen) atoms. The predicted molar refractivity (Wildman–Crippen MR) is 70.0 cm³/mol. The van der Waals surface area contributed by atoms with Gasteiger partial charge in [-0.3, -0.25) is 0 Å². The molecule has 1 rings (SSSR count). The number of ether oxygens (including phenoxy) is 1. The van der Waals surface area contributed by atoms with Crippen LogP contribution in [0.15, 0.2) is 0 Å². The molecule has 0 aromatic rings. The third kappa shape index (κ3) is 4.73. The van der Waals surface area contributed by atoms with Crippen LogP contribution in [0.25, 0.3) is 0 Å². The summed E-state index contributed by atoms with van der Waals surface area (Å²) in [4.78, 5) is 0. The molecule has 0 radical (unpaired) electrons. The number of sulfonamides is 1. The van der Waals surface area contributed by atoms with Crippen LogP contribution in [0.5, 0.6) is 0 Å². The van der Waals surface area contributed by atoms with Crippen molar-refractivity contribution in [3.8, 4) is 0 Å². The van der Waals surface area contributed by atoms with Gasteiger partial charge in [-0.25, -0.2) is 8.42 Å². The second kappa shape index (κ2) is 7.56. The molecule has 1 atom stereocenters. The van der Waals surface area contributed by atoms with Gasteiger partial charge >= 0.3 is 0 Å². The average Bonchev–Trinajstić information content (AvgIpc) is 2.75. The van der Waals surface area contributed by atoms with Gasteiger partial charge in [0.1, 0.15) is 0 Å². The largest absolute Gasteiger partial charge is 0.381 e. The molecule has 1 aliphatic heterocycles. The van der Waals surface area contributed by atoms with Crippen molar-refractivity contribution in [3.63, 3.8) is 0 Å². The number of hydrogen-bond acceptors (Lipinski definition) is 3. The highest BCUT2D eigenvalue weighted by molar-refractivity contribution is 7.89. The Balaban J connectivity index is 2.50. The van der Waals surface area contributed by atoms with Crippen LogP contribution in [0.2, 0.25) is 0 Å². The number of nitrogens with zero attached hydrogens (tertiary/aromatic N) is 1. The van der Waals surface area contributed by atoms with E-state index in [2.05, 4.69) is 0 Å². The number of halogens is 1. The van der Waals surface area contributed by atoms with E-state index in [1.165, 1.54) is 0 Å². The van der Waals surface area contributed by atoms with Gasteiger partial charge < -0.3 is 4.74 Å². The van der Waals surface area contributed by atoms with Gasteiger partial charge in [0, 0.05) is 25.1 Å². The van der Waals surface area contributed by atoms with E-state index >= 15 is 0 Å². The summed E-state index contributed by atoms with van der Waals surface area (Å²) in [5, 5.41) is 0. The standard InChI is InChI=1S/C11H22ClNO3S/c1-2-16-9-10-17(14,15)13-8-4-6-11(13)5-3-7-12/h11H,2-10H2,1H3. The molecular formula is C11H22ClNO3S. The lowest BCUT2D eigenvalue weighted by molar-refractivity contribution is 0.162. The molecule has 1 saturated heterocycles. The Hall–Kier alpha value is 0.160. The van der Waals surface area contributed by atoms with E-state index in [-0.39, 0.29) is 18.4 Å². The van der Waals surface area contributed by atoms with Gasteiger partial charge in [-0.2, -0.15) is 4.31 Å². The first kappa shape index (κ1) is 15.2. The molecule has 1 unspecified atom stereocenters. The molecule has 4 nitrogen and oxygen atoms in total. The van der Waals surface area contributed by atoms with Crippen molar-refractivity contribution in [1.29, 1.82) is 0 Å². The number of rotatable bonds is 8. The van der Waals surface area contributed by atoms with Gasteiger partial charge in [-0.1, -0.05) is 0 Å². The van der Waals surface area contributed by atoms with Crippen LogP contribution >= 0.6 is 11.6 Å². The SMILES string of the molecule is CCOCCS(=O)(=O)N1CCCC1CCCCl. The van der Waals surface area contributed by atoms with E-state index in [1.807, 2.05) is 6.92 Å². The summed E-state index contributed by atoms with van der Waals surface area (Å²) in [6.45, 7) is 3.37. The zero-order valence-corrected chi connectivity index (χ0v) is 12.0. The maximum absolute atomic E-state index is 12.1. The monoisotopic (exact) mass is 283 g/mol. The molecular weight excluding hydrogens is 262 g/mol. The van der Waals surface area contributed by atoms with E-state index in [1.54, 1.807) is 4.31 Å². The van der Waals surface area contributed by atoms with E-state index in [0.717, 1.165) is 25.7 Å². The summed E-state index contributed by atoms with van der Waals surface area (Å²) in [6, 6.07) is 0.153. The van der Waals surface area contributed by atoms with E-state index in [4.69, 9.17) is 16.3 Å². The Labute approximate surface area is 109 Å². The highest BCUT2D eigenvalue weighted by Crippen LogP contribution is 2.24. The molecule has 0 amide bonds. The highest BCUT2D eigenvalue weighted by Gasteiger charge is 2.33. The van der Waals surface area contributed by atoms with Crippen LogP contribution in [0, 0.1) is 0 Å². The minimum absolute atomic E-state index is 0.0955. The van der Waals surface area contributed by atoms with Crippen LogP contribution in [0.1, 0.15) is 32.6 Å². The molecule has 0 aromatic carbocycles. The lowest BCUT2D eigenvalue weighted by atomic mass is 10.1. The molecule has 102 valence electrons. The Morgan fingerprint density at radius 3 is 2.88 bits per heavy atom. The summed E-state index contributed by atoms with van der Waals surface area (Å²) in [5.74, 6) is 0.696. The summed E-state index contributed by atoms with van der Waals surface area (Å²) >= 11 is 5.66. The Morgan fingerprint density at radius 1 is 1.47 bits per heavy atom. The van der Waals surface area contributed by atoms with Gasteiger partial charge in [0.2, 0.25) is 10.0 Å². The first-order valence-corrected chi connectivity index (χ1v) is 8.39. The van der Waals surface area contributed by atoms with Crippen molar-refractivity contribution >= 4 is 21.6 Å². The van der Waals surface area contributed by atoms with Crippen LogP contribution in [-0.2, 0) is 14.8 Å². The van der Waals surface area contributed by atoms with Crippen molar-refractivity contribution in [2.24, 2.45) is 0 Å².